The van der Waals surface area contributed by atoms with Gasteiger partial charge < -0.3 is 0 Å². The second kappa shape index (κ2) is 4.32. The van der Waals surface area contributed by atoms with E-state index in [0.717, 1.165) is 24.3 Å². The zero-order valence-electron chi connectivity index (χ0n) is 11.7. The summed E-state index contributed by atoms with van der Waals surface area (Å²) in [4.78, 5) is 0. The molecule has 0 aliphatic carbocycles. The molecule has 0 amide bonds. The van der Waals surface area contributed by atoms with Crippen molar-refractivity contribution in [3.8, 4) is 0 Å². The van der Waals surface area contributed by atoms with Crippen molar-refractivity contribution in [2.24, 2.45) is 15.7 Å². The van der Waals surface area contributed by atoms with Crippen molar-refractivity contribution in [3.63, 3.8) is 0 Å². The van der Waals surface area contributed by atoms with Crippen LogP contribution >= 0.6 is 0 Å². The fraction of sp³-hybridized carbons (Fsp3) is 1.00. The minimum Gasteiger partial charge on any atom is -0.250 e. The number of hydrogen-bond donors (Lipinski definition) is 0. The highest BCUT2D eigenvalue weighted by molar-refractivity contribution is 7.93. The molecule has 1 aliphatic heterocycles. The van der Waals surface area contributed by atoms with E-state index in [1.54, 1.807) is 0 Å². The van der Waals surface area contributed by atoms with E-state index in [0.29, 0.717) is 11.3 Å². The molecule has 1 saturated heterocycles. The SMILES string of the molecule is CC(C)(C)N=S1(=O)CCC(C(C)(C)C)CC1. The molecule has 3 heteroatoms. The van der Waals surface area contributed by atoms with Crippen molar-refractivity contribution in [2.75, 3.05) is 11.5 Å². The fourth-order valence-corrected chi connectivity index (χ4v) is 5.05. The predicted molar refractivity (Wildman–Crippen MR) is 72.2 cm³/mol. The van der Waals surface area contributed by atoms with E-state index in [2.05, 4.69) is 25.1 Å². The fourth-order valence-electron chi connectivity index (χ4n) is 2.36. The van der Waals surface area contributed by atoms with Crippen LogP contribution in [-0.2, 0) is 9.73 Å². The Morgan fingerprint density at radius 3 is 1.75 bits per heavy atom. The Bertz CT molecular complexity index is 337. The van der Waals surface area contributed by atoms with Crippen LogP contribution < -0.4 is 0 Å². The molecule has 0 saturated carbocycles. The summed E-state index contributed by atoms with van der Waals surface area (Å²) in [6.45, 7) is 13.0. The van der Waals surface area contributed by atoms with Crippen molar-refractivity contribution in [1.82, 2.24) is 0 Å². The van der Waals surface area contributed by atoms with E-state index in [1.807, 2.05) is 20.8 Å². The van der Waals surface area contributed by atoms with Crippen LogP contribution in [-0.4, -0.2) is 21.3 Å². The van der Waals surface area contributed by atoms with Crippen LogP contribution in [0.2, 0.25) is 0 Å². The lowest BCUT2D eigenvalue weighted by Crippen LogP contribution is -2.32. The van der Waals surface area contributed by atoms with Gasteiger partial charge in [-0.25, -0.2) is 8.57 Å². The van der Waals surface area contributed by atoms with E-state index >= 15 is 0 Å². The molecule has 1 rings (SSSR count). The Kier molecular flexibility index (Phi) is 3.78. The van der Waals surface area contributed by atoms with Gasteiger partial charge in [-0.3, -0.25) is 0 Å². The Balaban J connectivity index is 2.76. The van der Waals surface area contributed by atoms with Crippen LogP contribution in [0, 0.1) is 11.3 Å². The number of rotatable bonds is 0. The third kappa shape index (κ3) is 4.08. The minimum atomic E-state index is -1.92. The molecule has 0 aromatic rings. The van der Waals surface area contributed by atoms with Gasteiger partial charge in [-0.1, -0.05) is 20.8 Å². The molecule has 1 fully saturated rings. The zero-order chi connectivity index (χ0) is 12.6. The first kappa shape index (κ1) is 14.0. The molecule has 96 valence electrons. The topological polar surface area (TPSA) is 29.4 Å². The maximum Gasteiger partial charge on any atom is 0.0618 e. The Hall–Kier alpha value is -0.0500. The summed E-state index contributed by atoms with van der Waals surface area (Å²) in [5.74, 6) is 2.30. The monoisotopic (exact) mass is 245 g/mol. The summed E-state index contributed by atoms with van der Waals surface area (Å²) >= 11 is 0. The van der Waals surface area contributed by atoms with Gasteiger partial charge in [-0.05, 0) is 44.9 Å². The molecule has 0 spiro atoms. The van der Waals surface area contributed by atoms with Gasteiger partial charge in [0.25, 0.3) is 0 Å². The highest BCUT2D eigenvalue weighted by Gasteiger charge is 2.31. The molecular formula is C13H27NOS. The normalized spacial score (nSPS) is 32.5. The van der Waals surface area contributed by atoms with Crippen LogP contribution in [0.5, 0.6) is 0 Å². The lowest BCUT2D eigenvalue weighted by molar-refractivity contribution is 0.223. The van der Waals surface area contributed by atoms with Crippen molar-refractivity contribution in [1.29, 1.82) is 0 Å². The molecular weight excluding hydrogens is 218 g/mol. The molecule has 0 bridgehead atoms. The number of nitrogens with zero attached hydrogens (tertiary/aromatic N) is 1. The lowest BCUT2D eigenvalue weighted by Gasteiger charge is -2.35. The standard InChI is InChI=1S/C13H27NOS/c1-12(2,3)11-7-9-16(15,10-8-11)14-13(4,5)6/h11H,7-10H2,1-6H3. The molecule has 2 nitrogen and oxygen atoms in total. The van der Waals surface area contributed by atoms with Crippen LogP contribution in [0.25, 0.3) is 0 Å². The zero-order valence-corrected chi connectivity index (χ0v) is 12.5. The van der Waals surface area contributed by atoms with Crippen molar-refractivity contribution in [2.45, 2.75) is 59.9 Å². The second-order valence-electron chi connectivity index (χ2n) is 7.08. The van der Waals surface area contributed by atoms with Gasteiger partial charge in [-0.15, -0.1) is 0 Å². The van der Waals surface area contributed by atoms with Crippen LogP contribution in [0.4, 0.5) is 0 Å². The third-order valence-corrected chi connectivity index (χ3v) is 5.86. The summed E-state index contributed by atoms with van der Waals surface area (Å²) in [5, 5.41) is 0. The molecule has 0 atom stereocenters. The smallest absolute Gasteiger partial charge is 0.0618 e. The summed E-state index contributed by atoms with van der Waals surface area (Å²) in [6, 6.07) is 0. The summed E-state index contributed by atoms with van der Waals surface area (Å²) in [6.07, 6.45) is 2.14. The minimum absolute atomic E-state index is 0.161. The van der Waals surface area contributed by atoms with E-state index in [4.69, 9.17) is 0 Å². The lowest BCUT2D eigenvalue weighted by atomic mass is 9.77. The molecule has 1 heterocycles. The largest absolute Gasteiger partial charge is 0.250 e. The molecule has 0 unspecified atom stereocenters. The van der Waals surface area contributed by atoms with Gasteiger partial charge in [-0.2, -0.15) is 0 Å². The summed E-state index contributed by atoms with van der Waals surface area (Å²) < 4.78 is 17.1. The van der Waals surface area contributed by atoms with E-state index in [9.17, 15) is 4.21 Å². The van der Waals surface area contributed by atoms with Gasteiger partial charge in [0.1, 0.15) is 0 Å². The quantitative estimate of drug-likeness (QED) is 0.639. The maximum absolute atomic E-state index is 12.5. The van der Waals surface area contributed by atoms with Crippen molar-refractivity contribution < 1.29 is 4.21 Å². The molecule has 16 heavy (non-hydrogen) atoms. The molecule has 0 N–H and O–H groups in total. The Labute approximate surface area is 101 Å². The number of hydrogen-bond acceptors (Lipinski definition) is 2. The average molecular weight is 245 g/mol. The van der Waals surface area contributed by atoms with E-state index in [-0.39, 0.29) is 5.54 Å². The Morgan fingerprint density at radius 1 is 1.00 bits per heavy atom. The van der Waals surface area contributed by atoms with Crippen LogP contribution in [0.1, 0.15) is 54.4 Å². The summed E-state index contributed by atoms with van der Waals surface area (Å²) in [7, 11) is -1.92. The van der Waals surface area contributed by atoms with Gasteiger partial charge in [0.05, 0.1) is 5.54 Å². The van der Waals surface area contributed by atoms with Crippen LogP contribution in [0.3, 0.4) is 0 Å². The Morgan fingerprint density at radius 2 is 1.44 bits per heavy atom. The van der Waals surface area contributed by atoms with Crippen LogP contribution in [0.15, 0.2) is 4.36 Å². The van der Waals surface area contributed by atoms with Gasteiger partial charge >= 0.3 is 0 Å². The molecule has 0 aromatic heterocycles. The second-order valence-corrected chi connectivity index (χ2v) is 9.63. The van der Waals surface area contributed by atoms with E-state index in [1.165, 1.54) is 0 Å². The molecule has 1 aliphatic rings. The van der Waals surface area contributed by atoms with Gasteiger partial charge in [0.2, 0.25) is 0 Å². The third-order valence-electron chi connectivity index (χ3n) is 3.24. The molecule has 0 aromatic carbocycles. The highest BCUT2D eigenvalue weighted by Crippen LogP contribution is 2.35. The highest BCUT2D eigenvalue weighted by atomic mass is 32.2. The predicted octanol–water partition coefficient (Wildman–Crippen LogP) is 3.71. The maximum atomic E-state index is 12.5. The first-order chi connectivity index (χ1) is 7.02. The van der Waals surface area contributed by atoms with Crippen molar-refractivity contribution >= 4 is 9.73 Å². The first-order valence-corrected chi connectivity index (χ1v) is 8.11. The van der Waals surface area contributed by atoms with Crippen molar-refractivity contribution in [3.05, 3.63) is 0 Å². The van der Waals surface area contributed by atoms with Gasteiger partial charge in [0.15, 0.2) is 0 Å². The summed E-state index contributed by atoms with van der Waals surface area (Å²) in [5.41, 5.74) is 0.189. The van der Waals surface area contributed by atoms with E-state index < -0.39 is 9.73 Å². The van der Waals surface area contributed by atoms with Gasteiger partial charge in [0, 0.05) is 21.2 Å². The molecule has 0 radical (unpaired) electrons. The average Bonchev–Trinajstić information content (AvgIpc) is 1.98. The first-order valence-electron chi connectivity index (χ1n) is 6.26.